The maximum Gasteiger partial charge on any atom is 0.305 e. The Labute approximate surface area is 120 Å². The molecule has 1 fully saturated rings. The Morgan fingerprint density at radius 2 is 2.29 bits per heavy atom. The predicted molar refractivity (Wildman–Crippen MR) is 74.2 cm³/mol. The van der Waals surface area contributed by atoms with Crippen LogP contribution in [0.2, 0.25) is 0 Å². The lowest BCUT2D eigenvalue weighted by atomic mass is 10.2. The maximum absolute atomic E-state index is 14.0. The van der Waals surface area contributed by atoms with Crippen LogP contribution < -0.4 is 5.32 Å². The Morgan fingerprint density at radius 1 is 1.48 bits per heavy atom. The topological polar surface area (TPSA) is 73.0 Å². The molecule has 0 bridgehead atoms. The van der Waals surface area contributed by atoms with Crippen molar-refractivity contribution >= 4 is 5.69 Å². The van der Waals surface area contributed by atoms with Crippen LogP contribution in [-0.2, 0) is 13.1 Å². The molecule has 0 amide bonds. The molecule has 0 radical (unpaired) electrons. The first-order valence-corrected chi connectivity index (χ1v) is 6.79. The number of nitrogens with zero attached hydrogens (tertiary/aromatic N) is 3. The lowest BCUT2D eigenvalue weighted by Crippen LogP contribution is -2.15. The van der Waals surface area contributed by atoms with Crippen molar-refractivity contribution in [3.05, 3.63) is 57.9 Å². The SMILES string of the molecule is O=[N+]([O-])c1cccc(Cn2cnc(CNC3CC3)c2)c1F. The minimum Gasteiger partial charge on any atom is -0.333 e. The Hall–Kier alpha value is -2.28. The average molecular weight is 290 g/mol. The van der Waals surface area contributed by atoms with E-state index in [1.54, 1.807) is 17.0 Å². The maximum atomic E-state index is 14.0. The molecule has 7 heteroatoms. The van der Waals surface area contributed by atoms with Gasteiger partial charge in [-0.25, -0.2) is 4.98 Å². The summed E-state index contributed by atoms with van der Waals surface area (Å²) in [6.45, 7) is 0.916. The van der Waals surface area contributed by atoms with E-state index in [4.69, 9.17) is 0 Å². The fourth-order valence-electron chi connectivity index (χ4n) is 2.15. The molecule has 0 spiro atoms. The molecule has 1 aromatic carbocycles. The van der Waals surface area contributed by atoms with Gasteiger partial charge in [-0.3, -0.25) is 10.1 Å². The standard InChI is InChI=1S/C14H15FN4O2/c15-14-10(2-1-3-13(14)19(20)21)7-18-8-12(17-9-18)6-16-11-4-5-11/h1-3,8-9,11,16H,4-7H2. The van der Waals surface area contributed by atoms with Crippen LogP contribution in [0.5, 0.6) is 0 Å². The highest BCUT2D eigenvalue weighted by Gasteiger charge is 2.20. The van der Waals surface area contributed by atoms with Crippen LogP contribution in [0.4, 0.5) is 10.1 Å². The zero-order valence-corrected chi connectivity index (χ0v) is 11.3. The third-order valence-corrected chi connectivity index (χ3v) is 3.44. The highest BCUT2D eigenvalue weighted by Crippen LogP contribution is 2.21. The van der Waals surface area contributed by atoms with Crippen molar-refractivity contribution < 1.29 is 9.31 Å². The predicted octanol–water partition coefficient (Wildman–Crippen LogP) is 2.23. The number of hydrogen-bond donors (Lipinski definition) is 1. The third kappa shape index (κ3) is 3.25. The summed E-state index contributed by atoms with van der Waals surface area (Å²) in [4.78, 5) is 14.3. The van der Waals surface area contributed by atoms with E-state index in [1.807, 2.05) is 6.20 Å². The number of imidazole rings is 1. The first kappa shape index (κ1) is 13.7. The number of nitro benzene ring substituents is 1. The number of halogens is 1. The lowest BCUT2D eigenvalue weighted by Gasteiger charge is -2.04. The van der Waals surface area contributed by atoms with Gasteiger partial charge in [-0.05, 0) is 12.8 Å². The first-order valence-electron chi connectivity index (χ1n) is 6.79. The zero-order valence-electron chi connectivity index (χ0n) is 11.3. The molecule has 21 heavy (non-hydrogen) atoms. The number of hydrogen-bond acceptors (Lipinski definition) is 4. The minimum absolute atomic E-state index is 0.226. The second-order valence-electron chi connectivity index (χ2n) is 5.20. The van der Waals surface area contributed by atoms with Crippen molar-refractivity contribution in [1.29, 1.82) is 0 Å². The van der Waals surface area contributed by atoms with E-state index < -0.39 is 16.4 Å². The van der Waals surface area contributed by atoms with Gasteiger partial charge in [-0.1, -0.05) is 12.1 Å². The molecule has 1 heterocycles. The Kier molecular flexibility index (Phi) is 3.66. The highest BCUT2D eigenvalue weighted by molar-refractivity contribution is 5.36. The van der Waals surface area contributed by atoms with Gasteiger partial charge in [0.25, 0.3) is 0 Å². The van der Waals surface area contributed by atoms with Crippen molar-refractivity contribution in [1.82, 2.24) is 14.9 Å². The lowest BCUT2D eigenvalue weighted by molar-refractivity contribution is -0.387. The third-order valence-electron chi connectivity index (χ3n) is 3.44. The van der Waals surface area contributed by atoms with E-state index in [2.05, 4.69) is 10.3 Å². The van der Waals surface area contributed by atoms with Gasteiger partial charge >= 0.3 is 5.69 Å². The molecule has 3 rings (SSSR count). The zero-order chi connectivity index (χ0) is 14.8. The van der Waals surface area contributed by atoms with Crippen LogP contribution in [0.15, 0.2) is 30.7 Å². The molecule has 1 aliphatic rings. The van der Waals surface area contributed by atoms with Crippen molar-refractivity contribution in [2.75, 3.05) is 0 Å². The van der Waals surface area contributed by atoms with Crippen LogP contribution >= 0.6 is 0 Å². The second-order valence-corrected chi connectivity index (χ2v) is 5.20. The number of nitro groups is 1. The van der Waals surface area contributed by atoms with Gasteiger partial charge in [0.15, 0.2) is 0 Å². The second kappa shape index (κ2) is 5.61. The highest BCUT2D eigenvalue weighted by atomic mass is 19.1. The first-order chi connectivity index (χ1) is 10.1. The molecule has 0 atom stereocenters. The molecule has 0 aliphatic heterocycles. The molecule has 0 unspecified atom stereocenters. The molecule has 6 nitrogen and oxygen atoms in total. The molecular formula is C14H15FN4O2. The molecule has 1 aromatic heterocycles. The van der Waals surface area contributed by atoms with Gasteiger partial charge in [0.2, 0.25) is 5.82 Å². The number of benzene rings is 1. The van der Waals surface area contributed by atoms with Crippen LogP contribution in [0, 0.1) is 15.9 Å². The molecule has 1 saturated carbocycles. The van der Waals surface area contributed by atoms with Gasteiger partial charge < -0.3 is 9.88 Å². The summed E-state index contributed by atoms with van der Waals surface area (Å²) < 4.78 is 15.7. The number of nitrogens with one attached hydrogen (secondary N) is 1. The largest absolute Gasteiger partial charge is 0.333 e. The summed E-state index contributed by atoms with van der Waals surface area (Å²) in [5, 5.41) is 14.1. The number of aromatic nitrogens is 2. The van der Waals surface area contributed by atoms with E-state index in [1.165, 1.54) is 18.9 Å². The quantitative estimate of drug-likeness (QED) is 0.654. The van der Waals surface area contributed by atoms with E-state index in [9.17, 15) is 14.5 Å². The van der Waals surface area contributed by atoms with Crippen LogP contribution in [-0.4, -0.2) is 20.5 Å². The van der Waals surface area contributed by atoms with Crippen LogP contribution in [0.1, 0.15) is 24.1 Å². The van der Waals surface area contributed by atoms with Crippen LogP contribution in [0.3, 0.4) is 0 Å². The van der Waals surface area contributed by atoms with E-state index >= 15 is 0 Å². The van der Waals surface area contributed by atoms with Gasteiger partial charge in [-0.2, -0.15) is 4.39 Å². The van der Waals surface area contributed by atoms with Gasteiger partial charge in [0, 0.05) is 30.4 Å². The van der Waals surface area contributed by atoms with E-state index in [0.717, 1.165) is 11.8 Å². The fourth-order valence-corrected chi connectivity index (χ4v) is 2.15. The van der Waals surface area contributed by atoms with Crippen molar-refractivity contribution in [2.24, 2.45) is 0 Å². The van der Waals surface area contributed by atoms with E-state index in [-0.39, 0.29) is 12.1 Å². The smallest absolute Gasteiger partial charge is 0.305 e. The average Bonchev–Trinajstić information content (AvgIpc) is 3.18. The summed E-state index contributed by atoms with van der Waals surface area (Å²) in [5.74, 6) is -0.783. The fraction of sp³-hybridized carbons (Fsp3) is 0.357. The van der Waals surface area contributed by atoms with Gasteiger partial charge in [0.1, 0.15) is 0 Å². The molecule has 1 aliphatic carbocycles. The van der Waals surface area contributed by atoms with Crippen molar-refractivity contribution in [2.45, 2.75) is 32.0 Å². The summed E-state index contributed by atoms with van der Waals surface area (Å²) in [5.41, 5.74) is 0.666. The van der Waals surface area contributed by atoms with Crippen molar-refractivity contribution in [3.63, 3.8) is 0 Å². The van der Waals surface area contributed by atoms with E-state index in [0.29, 0.717) is 12.6 Å². The van der Waals surface area contributed by atoms with Gasteiger partial charge in [-0.15, -0.1) is 0 Å². The Morgan fingerprint density at radius 3 is 3.00 bits per heavy atom. The molecular weight excluding hydrogens is 275 g/mol. The summed E-state index contributed by atoms with van der Waals surface area (Å²) in [6, 6.07) is 4.80. The monoisotopic (exact) mass is 290 g/mol. The summed E-state index contributed by atoms with van der Waals surface area (Å²) in [6.07, 6.45) is 5.86. The summed E-state index contributed by atoms with van der Waals surface area (Å²) >= 11 is 0. The van der Waals surface area contributed by atoms with Gasteiger partial charge in [0.05, 0.1) is 23.5 Å². The molecule has 0 saturated heterocycles. The van der Waals surface area contributed by atoms with Crippen LogP contribution in [0.25, 0.3) is 0 Å². The molecule has 1 N–H and O–H groups in total. The summed E-state index contributed by atoms with van der Waals surface area (Å²) in [7, 11) is 0. The Balaban J connectivity index is 1.71. The Bertz CT molecular complexity index is 667. The molecule has 2 aromatic rings. The molecule has 110 valence electrons. The van der Waals surface area contributed by atoms with Crippen molar-refractivity contribution in [3.8, 4) is 0 Å². The minimum atomic E-state index is -0.783. The number of rotatable bonds is 6. The normalized spacial score (nSPS) is 14.3.